The zero-order chi connectivity index (χ0) is 25.5. The van der Waals surface area contributed by atoms with Gasteiger partial charge in [0, 0.05) is 38.4 Å². The van der Waals surface area contributed by atoms with Crippen molar-refractivity contribution in [3.63, 3.8) is 0 Å². The van der Waals surface area contributed by atoms with Gasteiger partial charge in [-0.25, -0.2) is 4.79 Å². The minimum atomic E-state index is -0.338. The summed E-state index contributed by atoms with van der Waals surface area (Å²) in [5, 5.41) is 0. The Morgan fingerprint density at radius 3 is 1.95 bits per heavy atom. The number of methoxy groups -OCH3 is 1. The van der Waals surface area contributed by atoms with Gasteiger partial charge in [-0.05, 0) is 53.1 Å². The fourth-order valence-corrected chi connectivity index (χ4v) is 4.72. The van der Waals surface area contributed by atoms with Gasteiger partial charge >= 0.3 is 5.97 Å². The number of carbonyl (C=O) groups is 1. The third-order valence-electron chi connectivity index (χ3n) is 6.88. The van der Waals surface area contributed by atoms with E-state index in [9.17, 15) is 4.79 Å². The monoisotopic (exact) mass is 492 g/mol. The van der Waals surface area contributed by atoms with E-state index in [0.717, 1.165) is 48.6 Å². The van der Waals surface area contributed by atoms with E-state index in [4.69, 9.17) is 9.47 Å². The van der Waals surface area contributed by atoms with Gasteiger partial charge in [-0.2, -0.15) is 0 Å². The number of benzene rings is 4. The number of esters is 1. The smallest absolute Gasteiger partial charge is 0.338 e. The number of rotatable bonds is 8. The van der Waals surface area contributed by atoms with Gasteiger partial charge in [0.25, 0.3) is 0 Å². The molecule has 4 aromatic carbocycles. The molecule has 0 N–H and O–H groups in total. The molecule has 0 aliphatic carbocycles. The first kappa shape index (κ1) is 24.6. The molecule has 0 radical (unpaired) electrons. The highest BCUT2D eigenvalue weighted by molar-refractivity contribution is 5.90. The van der Waals surface area contributed by atoms with Crippen LogP contribution in [0.4, 0.5) is 5.69 Å². The van der Waals surface area contributed by atoms with Crippen LogP contribution in [0, 0.1) is 0 Å². The highest BCUT2D eigenvalue weighted by Crippen LogP contribution is 2.25. The van der Waals surface area contributed by atoms with Crippen LogP contribution in [0.2, 0.25) is 0 Å². The van der Waals surface area contributed by atoms with Crippen LogP contribution in [-0.2, 0) is 4.74 Å². The van der Waals surface area contributed by atoms with Crippen molar-refractivity contribution in [2.45, 2.75) is 6.10 Å². The summed E-state index contributed by atoms with van der Waals surface area (Å²) in [4.78, 5) is 17.9. The standard InChI is InChI=1S/C32H32N2O3/c1-36-30-18-16-29(17-19-30)34-22-20-33(21-23-34)24-31(27-10-6-3-7-11-27)37-32(35)28-14-12-26(13-15-28)25-8-4-2-5-9-25/h2-19,31H,20-24H2,1H3. The van der Waals surface area contributed by atoms with Crippen molar-refractivity contribution in [1.29, 1.82) is 0 Å². The van der Waals surface area contributed by atoms with Crippen LogP contribution in [0.25, 0.3) is 11.1 Å². The van der Waals surface area contributed by atoms with Crippen LogP contribution in [0.15, 0.2) is 109 Å². The van der Waals surface area contributed by atoms with E-state index in [2.05, 4.69) is 34.1 Å². The molecule has 5 nitrogen and oxygen atoms in total. The zero-order valence-electron chi connectivity index (χ0n) is 21.1. The predicted molar refractivity (Wildman–Crippen MR) is 148 cm³/mol. The lowest BCUT2D eigenvalue weighted by Gasteiger charge is -2.37. The second kappa shape index (κ2) is 11.8. The van der Waals surface area contributed by atoms with E-state index in [-0.39, 0.29) is 12.1 Å². The van der Waals surface area contributed by atoms with Crippen molar-refractivity contribution in [3.8, 4) is 16.9 Å². The van der Waals surface area contributed by atoms with Crippen molar-refractivity contribution in [1.82, 2.24) is 4.90 Å². The summed E-state index contributed by atoms with van der Waals surface area (Å²) in [5.74, 6) is 0.565. The number of carbonyl (C=O) groups excluding carboxylic acids is 1. The minimum absolute atomic E-state index is 0.301. The van der Waals surface area contributed by atoms with E-state index >= 15 is 0 Å². The fourth-order valence-electron chi connectivity index (χ4n) is 4.72. The maximum Gasteiger partial charge on any atom is 0.338 e. The van der Waals surface area contributed by atoms with Crippen LogP contribution < -0.4 is 9.64 Å². The van der Waals surface area contributed by atoms with Crippen LogP contribution in [-0.4, -0.2) is 50.7 Å². The first-order valence-corrected chi connectivity index (χ1v) is 12.7. The molecular weight excluding hydrogens is 460 g/mol. The minimum Gasteiger partial charge on any atom is -0.497 e. The fraction of sp³-hybridized carbons (Fsp3) is 0.219. The van der Waals surface area contributed by atoms with Gasteiger partial charge in [0.2, 0.25) is 0 Å². The van der Waals surface area contributed by atoms with Gasteiger partial charge in [-0.15, -0.1) is 0 Å². The first-order chi connectivity index (χ1) is 18.2. The van der Waals surface area contributed by atoms with Crippen molar-refractivity contribution in [2.75, 3.05) is 44.7 Å². The number of nitrogens with zero attached hydrogens (tertiary/aromatic N) is 2. The molecule has 1 saturated heterocycles. The number of ether oxygens (including phenoxy) is 2. The number of hydrogen-bond acceptors (Lipinski definition) is 5. The molecule has 0 spiro atoms. The molecule has 1 aliphatic rings. The maximum absolute atomic E-state index is 13.1. The Labute approximate surface area is 218 Å². The van der Waals surface area contributed by atoms with Crippen molar-refractivity contribution in [2.24, 2.45) is 0 Å². The lowest BCUT2D eigenvalue weighted by atomic mass is 10.0. The number of piperazine rings is 1. The summed E-state index contributed by atoms with van der Waals surface area (Å²) in [6, 6.07) is 36.0. The molecule has 188 valence electrons. The van der Waals surface area contributed by atoms with E-state index < -0.39 is 0 Å². The summed E-state index contributed by atoms with van der Waals surface area (Å²) in [5.41, 5.74) is 4.97. The molecule has 5 rings (SSSR count). The summed E-state index contributed by atoms with van der Waals surface area (Å²) >= 11 is 0. The molecule has 4 aromatic rings. The second-order valence-electron chi connectivity index (χ2n) is 9.23. The third kappa shape index (κ3) is 6.19. The van der Waals surface area contributed by atoms with Gasteiger partial charge in [0.1, 0.15) is 11.9 Å². The molecule has 1 atom stereocenters. The largest absolute Gasteiger partial charge is 0.497 e. The SMILES string of the molecule is COc1ccc(N2CCN(CC(OC(=O)c3ccc(-c4ccccc4)cc3)c3ccccc3)CC2)cc1. The van der Waals surface area contributed by atoms with Gasteiger partial charge < -0.3 is 14.4 Å². The molecule has 37 heavy (non-hydrogen) atoms. The Morgan fingerprint density at radius 1 is 0.730 bits per heavy atom. The van der Waals surface area contributed by atoms with E-state index in [1.165, 1.54) is 5.69 Å². The van der Waals surface area contributed by atoms with Gasteiger partial charge in [0.05, 0.1) is 12.7 Å². The molecule has 0 amide bonds. The van der Waals surface area contributed by atoms with Crippen molar-refractivity contribution in [3.05, 3.63) is 120 Å². The average Bonchev–Trinajstić information content (AvgIpc) is 2.98. The van der Waals surface area contributed by atoms with Gasteiger partial charge in [-0.3, -0.25) is 4.90 Å². The quantitative estimate of drug-likeness (QED) is 0.279. The topological polar surface area (TPSA) is 42.0 Å². The number of anilines is 1. The van der Waals surface area contributed by atoms with Crippen LogP contribution in [0.1, 0.15) is 22.0 Å². The highest BCUT2D eigenvalue weighted by atomic mass is 16.5. The predicted octanol–water partition coefficient (Wildman–Crippen LogP) is 6.08. The molecule has 5 heteroatoms. The Bertz CT molecular complexity index is 1270. The Morgan fingerprint density at radius 2 is 1.32 bits per heavy atom. The molecular formula is C32H32N2O3. The van der Waals surface area contributed by atoms with Gasteiger partial charge in [-0.1, -0.05) is 72.8 Å². The van der Waals surface area contributed by atoms with E-state index in [1.807, 2.05) is 84.9 Å². The first-order valence-electron chi connectivity index (χ1n) is 12.7. The molecule has 1 fully saturated rings. The summed E-state index contributed by atoms with van der Waals surface area (Å²) in [7, 11) is 1.68. The van der Waals surface area contributed by atoms with Crippen molar-refractivity contribution >= 4 is 11.7 Å². The second-order valence-corrected chi connectivity index (χ2v) is 9.23. The third-order valence-corrected chi connectivity index (χ3v) is 6.88. The normalized spacial score (nSPS) is 14.7. The van der Waals surface area contributed by atoms with Crippen molar-refractivity contribution < 1.29 is 14.3 Å². The highest BCUT2D eigenvalue weighted by Gasteiger charge is 2.24. The maximum atomic E-state index is 13.1. The van der Waals surface area contributed by atoms with Crippen LogP contribution >= 0.6 is 0 Å². The molecule has 1 unspecified atom stereocenters. The molecule has 1 heterocycles. The molecule has 0 saturated carbocycles. The summed E-state index contributed by atoms with van der Waals surface area (Å²) in [6.07, 6.45) is -0.338. The lowest BCUT2D eigenvalue weighted by molar-refractivity contribution is 0.0190. The molecule has 0 bridgehead atoms. The lowest BCUT2D eigenvalue weighted by Crippen LogP contribution is -2.47. The van der Waals surface area contributed by atoms with Crippen LogP contribution in [0.5, 0.6) is 5.75 Å². The van der Waals surface area contributed by atoms with E-state index in [1.54, 1.807) is 7.11 Å². The van der Waals surface area contributed by atoms with Gasteiger partial charge in [0.15, 0.2) is 0 Å². The summed E-state index contributed by atoms with van der Waals surface area (Å²) in [6.45, 7) is 4.30. The zero-order valence-corrected chi connectivity index (χ0v) is 21.1. The summed E-state index contributed by atoms with van der Waals surface area (Å²) < 4.78 is 11.4. The van der Waals surface area contributed by atoms with E-state index in [0.29, 0.717) is 12.1 Å². The Kier molecular flexibility index (Phi) is 7.82. The van der Waals surface area contributed by atoms with Crippen LogP contribution in [0.3, 0.4) is 0 Å². The molecule has 0 aromatic heterocycles. The Hall–Kier alpha value is -4.09. The average molecular weight is 493 g/mol. The Balaban J connectivity index is 1.23. The molecule has 1 aliphatic heterocycles. The number of hydrogen-bond donors (Lipinski definition) is 0.